The van der Waals surface area contributed by atoms with E-state index in [1.807, 2.05) is 6.07 Å². The van der Waals surface area contributed by atoms with Crippen LogP contribution in [0.3, 0.4) is 0 Å². The largest absolute Gasteiger partial charge is 0.492 e. The zero-order chi connectivity index (χ0) is 9.26. The molecule has 0 atom stereocenters. The van der Waals surface area contributed by atoms with Gasteiger partial charge >= 0.3 is 0 Å². The van der Waals surface area contributed by atoms with Gasteiger partial charge in [-0.1, -0.05) is 0 Å². The number of carbonyl (C=O) groups excluding carboxylic acids is 1. The Bertz CT molecular complexity index is 347. The fraction of sp³-hybridized carbons (Fsp3) is 0.300. The van der Waals surface area contributed by atoms with E-state index in [9.17, 15) is 4.79 Å². The standard InChI is InChI=1S/C10H9BrO2/c11-9-5-7(6-12)4-8-2-1-3-13-10(8)9/h4-6H,1-3H2. The Balaban J connectivity index is 2.52. The molecule has 0 amide bonds. The van der Waals surface area contributed by atoms with Crippen LogP contribution in [0.4, 0.5) is 0 Å². The van der Waals surface area contributed by atoms with Gasteiger partial charge in [0.15, 0.2) is 0 Å². The normalized spacial score (nSPS) is 14.5. The summed E-state index contributed by atoms with van der Waals surface area (Å²) < 4.78 is 6.37. The van der Waals surface area contributed by atoms with Crippen molar-refractivity contribution >= 4 is 22.2 Å². The molecule has 2 nitrogen and oxygen atoms in total. The third-order valence-corrected chi connectivity index (χ3v) is 2.70. The molecule has 0 radical (unpaired) electrons. The monoisotopic (exact) mass is 240 g/mol. The Labute approximate surface area is 85.0 Å². The molecule has 3 heteroatoms. The van der Waals surface area contributed by atoms with E-state index in [-0.39, 0.29) is 0 Å². The number of hydrogen-bond donors (Lipinski definition) is 0. The Kier molecular flexibility index (Phi) is 2.36. The molecule has 1 heterocycles. The van der Waals surface area contributed by atoms with Gasteiger partial charge in [-0.15, -0.1) is 0 Å². The molecule has 0 fully saturated rings. The Morgan fingerprint density at radius 1 is 1.46 bits per heavy atom. The highest BCUT2D eigenvalue weighted by Gasteiger charge is 2.14. The van der Waals surface area contributed by atoms with Crippen molar-refractivity contribution in [3.05, 3.63) is 27.7 Å². The minimum absolute atomic E-state index is 0.705. The first-order valence-electron chi connectivity index (χ1n) is 4.21. The van der Waals surface area contributed by atoms with E-state index >= 15 is 0 Å². The van der Waals surface area contributed by atoms with Crippen LogP contribution in [0.2, 0.25) is 0 Å². The average Bonchev–Trinajstić information content (AvgIpc) is 2.18. The van der Waals surface area contributed by atoms with Crippen LogP contribution >= 0.6 is 15.9 Å². The van der Waals surface area contributed by atoms with Crippen molar-refractivity contribution in [2.24, 2.45) is 0 Å². The highest BCUT2D eigenvalue weighted by Crippen LogP contribution is 2.33. The highest BCUT2D eigenvalue weighted by atomic mass is 79.9. The molecule has 68 valence electrons. The molecule has 1 aromatic rings. The topological polar surface area (TPSA) is 26.3 Å². The number of hydrogen-bond acceptors (Lipinski definition) is 2. The molecule has 0 aliphatic carbocycles. The quantitative estimate of drug-likeness (QED) is 0.706. The third kappa shape index (κ3) is 1.61. The minimum Gasteiger partial charge on any atom is -0.492 e. The van der Waals surface area contributed by atoms with Crippen LogP contribution in [0, 0.1) is 0 Å². The van der Waals surface area contributed by atoms with Gasteiger partial charge in [-0.25, -0.2) is 0 Å². The van der Waals surface area contributed by atoms with Crippen LogP contribution < -0.4 is 4.74 Å². The van der Waals surface area contributed by atoms with E-state index in [0.717, 1.165) is 41.5 Å². The lowest BCUT2D eigenvalue weighted by molar-refractivity contribution is 0.112. The first-order valence-corrected chi connectivity index (χ1v) is 5.01. The van der Waals surface area contributed by atoms with Gasteiger partial charge in [0, 0.05) is 5.56 Å². The van der Waals surface area contributed by atoms with Crippen molar-refractivity contribution in [1.29, 1.82) is 0 Å². The van der Waals surface area contributed by atoms with Crippen molar-refractivity contribution in [3.63, 3.8) is 0 Å². The van der Waals surface area contributed by atoms with Crippen LogP contribution in [0.5, 0.6) is 5.75 Å². The van der Waals surface area contributed by atoms with E-state index in [0.29, 0.717) is 5.56 Å². The lowest BCUT2D eigenvalue weighted by atomic mass is 10.0. The van der Waals surface area contributed by atoms with Crippen molar-refractivity contribution in [2.45, 2.75) is 12.8 Å². The molecule has 0 spiro atoms. The van der Waals surface area contributed by atoms with Crippen LogP contribution in [0.1, 0.15) is 22.3 Å². The fourth-order valence-corrected chi connectivity index (χ4v) is 2.16. The molecule has 1 aliphatic heterocycles. The summed E-state index contributed by atoms with van der Waals surface area (Å²) in [7, 11) is 0. The molecular formula is C10H9BrO2. The molecule has 0 N–H and O–H groups in total. The van der Waals surface area contributed by atoms with E-state index in [1.54, 1.807) is 6.07 Å². The number of carbonyl (C=O) groups is 1. The van der Waals surface area contributed by atoms with Gasteiger partial charge in [-0.3, -0.25) is 4.79 Å². The SMILES string of the molecule is O=Cc1cc(Br)c2c(c1)CCCO2. The summed E-state index contributed by atoms with van der Waals surface area (Å²) in [6.07, 6.45) is 2.89. The number of halogens is 1. The Morgan fingerprint density at radius 2 is 2.31 bits per heavy atom. The maximum Gasteiger partial charge on any atom is 0.150 e. The van der Waals surface area contributed by atoms with Crippen LogP contribution in [0.25, 0.3) is 0 Å². The summed E-state index contributed by atoms with van der Waals surface area (Å²) in [4.78, 5) is 10.6. The summed E-state index contributed by atoms with van der Waals surface area (Å²) in [5, 5.41) is 0. The minimum atomic E-state index is 0.705. The van der Waals surface area contributed by atoms with Crippen LogP contribution in [-0.4, -0.2) is 12.9 Å². The zero-order valence-electron chi connectivity index (χ0n) is 7.05. The van der Waals surface area contributed by atoms with Crippen LogP contribution in [0.15, 0.2) is 16.6 Å². The molecule has 0 saturated heterocycles. The molecule has 13 heavy (non-hydrogen) atoms. The summed E-state index contributed by atoms with van der Waals surface area (Å²) in [6, 6.07) is 3.68. The second-order valence-electron chi connectivity index (χ2n) is 3.06. The van der Waals surface area contributed by atoms with Crippen molar-refractivity contribution < 1.29 is 9.53 Å². The zero-order valence-corrected chi connectivity index (χ0v) is 8.63. The van der Waals surface area contributed by atoms with Gasteiger partial charge in [0.05, 0.1) is 11.1 Å². The van der Waals surface area contributed by atoms with Gasteiger partial charge in [0.1, 0.15) is 12.0 Å². The van der Waals surface area contributed by atoms with Crippen molar-refractivity contribution in [3.8, 4) is 5.75 Å². The lowest BCUT2D eigenvalue weighted by Crippen LogP contribution is -2.09. The van der Waals surface area contributed by atoms with E-state index in [2.05, 4.69) is 15.9 Å². The Hall–Kier alpha value is -0.830. The number of rotatable bonds is 1. The number of benzene rings is 1. The molecular weight excluding hydrogens is 232 g/mol. The van der Waals surface area contributed by atoms with E-state index in [1.165, 1.54) is 0 Å². The molecule has 0 unspecified atom stereocenters. The van der Waals surface area contributed by atoms with Gasteiger partial charge in [-0.05, 0) is 46.5 Å². The van der Waals surface area contributed by atoms with Gasteiger partial charge in [-0.2, -0.15) is 0 Å². The first kappa shape index (κ1) is 8.75. The predicted octanol–water partition coefficient (Wildman–Crippen LogP) is 2.59. The first-order chi connectivity index (χ1) is 6.31. The van der Waals surface area contributed by atoms with Gasteiger partial charge in [0.2, 0.25) is 0 Å². The number of fused-ring (bicyclic) bond motifs is 1. The number of aryl methyl sites for hydroxylation is 1. The predicted molar refractivity (Wildman–Crippen MR) is 53.3 cm³/mol. The van der Waals surface area contributed by atoms with Gasteiger partial charge in [0.25, 0.3) is 0 Å². The smallest absolute Gasteiger partial charge is 0.150 e. The molecule has 1 aromatic carbocycles. The van der Waals surface area contributed by atoms with Gasteiger partial charge < -0.3 is 4.74 Å². The maximum absolute atomic E-state index is 10.6. The van der Waals surface area contributed by atoms with Crippen molar-refractivity contribution in [2.75, 3.05) is 6.61 Å². The molecule has 0 bridgehead atoms. The highest BCUT2D eigenvalue weighted by molar-refractivity contribution is 9.10. The number of ether oxygens (including phenoxy) is 1. The Morgan fingerprint density at radius 3 is 3.08 bits per heavy atom. The molecule has 1 aliphatic rings. The van der Waals surface area contributed by atoms with E-state index < -0.39 is 0 Å². The molecule has 2 rings (SSSR count). The number of aldehydes is 1. The lowest BCUT2D eigenvalue weighted by Gasteiger charge is -2.18. The third-order valence-electron chi connectivity index (χ3n) is 2.12. The summed E-state index contributed by atoms with van der Waals surface area (Å²) in [6.45, 7) is 0.770. The summed E-state index contributed by atoms with van der Waals surface area (Å²) in [5.74, 6) is 0.900. The van der Waals surface area contributed by atoms with E-state index in [4.69, 9.17) is 4.74 Å². The molecule has 0 saturated carbocycles. The second-order valence-corrected chi connectivity index (χ2v) is 3.92. The fourth-order valence-electron chi connectivity index (χ4n) is 1.53. The molecule has 0 aromatic heterocycles. The maximum atomic E-state index is 10.6. The second kappa shape index (κ2) is 3.50. The van der Waals surface area contributed by atoms with Crippen LogP contribution in [-0.2, 0) is 6.42 Å². The average molecular weight is 241 g/mol. The van der Waals surface area contributed by atoms with Crippen molar-refractivity contribution in [1.82, 2.24) is 0 Å². The summed E-state index contributed by atoms with van der Waals surface area (Å²) >= 11 is 3.39. The summed E-state index contributed by atoms with van der Waals surface area (Å²) in [5.41, 5.74) is 1.83.